The number of carbonyl (C=O) groups excluding carboxylic acids is 2. The van der Waals surface area contributed by atoms with Crippen LogP contribution in [0.25, 0.3) is 0 Å². The molecule has 1 fully saturated rings. The van der Waals surface area contributed by atoms with Crippen LogP contribution in [0.2, 0.25) is 0 Å². The van der Waals surface area contributed by atoms with Crippen molar-refractivity contribution in [2.45, 2.75) is 58.7 Å². The van der Waals surface area contributed by atoms with Gasteiger partial charge in [-0.3, -0.25) is 9.59 Å². The van der Waals surface area contributed by atoms with E-state index in [-0.39, 0.29) is 29.9 Å². The van der Waals surface area contributed by atoms with Gasteiger partial charge in [-0.1, -0.05) is 25.1 Å². The maximum Gasteiger partial charge on any atom is 0.419 e. The summed E-state index contributed by atoms with van der Waals surface area (Å²) in [7, 11) is 0. The lowest BCUT2D eigenvalue weighted by molar-refractivity contribution is -0.140. The molecule has 4 rings (SSSR count). The summed E-state index contributed by atoms with van der Waals surface area (Å²) in [5, 5.41) is 0. The Morgan fingerprint density at radius 2 is 1.84 bits per heavy atom. The van der Waals surface area contributed by atoms with Gasteiger partial charge in [0, 0.05) is 30.5 Å². The Hall–Kier alpha value is -2.70. The zero-order valence-corrected chi connectivity index (χ0v) is 18.1. The number of aryl methyl sites for hydroxylation is 2. The van der Waals surface area contributed by atoms with E-state index < -0.39 is 17.6 Å². The van der Waals surface area contributed by atoms with Crippen molar-refractivity contribution < 1.29 is 27.2 Å². The number of hydrogen-bond acceptors (Lipinski definition) is 2. The van der Waals surface area contributed by atoms with Gasteiger partial charge in [-0.2, -0.15) is 13.2 Å². The molecule has 0 saturated heterocycles. The second kappa shape index (κ2) is 8.01. The van der Waals surface area contributed by atoms with Crippen LogP contribution in [0.15, 0.2) is 30.3 Å². The third-order valence-corrected chi connectivity index (χ3v) is 6.67. The molecule has 0 aromatic heterocycles. The van der Waals surface area contributed by atoms with E-state index in [2.05, 4.69) is 0 Å². The van der Waals surface area contributed by atoms with Gasteiger partial charge in [-0.25, -0.2) is 4.39 Å². The minimum absolute atomic E-state index is 0.0722. The maximum atomic E-state index is 13.8. The van der Waals surface area contributed by atoms with E-state index in [0.717, 1.165) is 41.7 Å². The number of carbonyl (C=O) groups is 2. The lowest BCUT2D eigenvalue weighted by atomic mass is 9.87. The number of nitrogens with zero attached hydrogens (tertiary/aromatic N) is 1. The van der Waals surface area contributed by atoms with E-state index in [4.69, 9.17) is 0 Å². The summed E-state index contributed by atoms with van der Waals surface area (Å²) in [5.41, 5.74) is 2.17. The van der Waals surface area contributed by atoms with E-state index in [0.29, 0.717) is 30.6 Å². The SMILES string of the molecule is Cc1ccc2c(c1C(=O)CCc1ccc(C(F)(F)F)c(F)c1)CCN(C(=O)C1(C)CC1)C2. The van der Waals surface area contributed by atoms with Gasteiger partial charge in [0.15, 0.2) is 5.78 Å². The first kappa shape index (κ1) is 22.5. The van der Waals surface area contributed by atoms with Gasteiger partial charge in [0.2, 0.25) is 5.91 Å². The summed E-state index contributed by atoms with van der Waals surface area (Å²) < 4.78 is 52.1. The Labute approximate surface area is 184 Å². The lowest BCUT2D eigenvalue weighted by Crippen LogP contribution is -2.40. The van der Waals surface area contributed by atoms with Crippen LogP contribution in [0.3, 0.4) is 0 Å². The molecule has 2 aromatic carbocycles. The standard InChI is InChI=1S/C25H25F4NO2/c1-15-3-6-17-14-30(23(32)24(2)10-11-24)12-9-18(17)22(15)21(31)8-5-16-4-7-19(20(26)13-16)25(27,28)29/h3-4,6-7,13H,5,8-12,14H2,1-2H3. The lowest BCUT2D eigenvalue weighted by Gasteiger charge is -2.32. The molecule has 7 heteroatoms. The minimum Gasteiger partial charge on any atom is -0.338 e. The van der Waals surface area contributed by atoms with Crippen molar-refractivity contribution in [3.05, 3.63) is 69.5 Å². The fourth-order valence-electron chi connectivity index (χ4n) is 4.44. The van der Waals surface area contributed by atoms with E-state index in [1.54, 1.807) is 0 Å². The maximum absolute atomic E-state index is 13.8. The van der Waals surface area contributed by atoms with Crippen molar-refractivity contribution in [3.8, 4) is 0 Å². The van der Waals surface area contributed by atoms with Crippen molar-refractivity contribution >= 4 is 11.7 Å². The highest BCUT2D eigenvalue weighted by molar-refractivity contribution is 5.99. The van der Waals surface area contributed by atoms with Gasteiger partial charge in [0.25, 0.3) is 0 Å². The molecule has 3 nitrogen and oxygen atoms in total. The first-order valence-corrected chi connectivity index (χ1v) is 10.8. The summed E-state index contributed by atoms with van der Waals surface area (Å²) in [6, 6.07) is 6.62. The zero-order valence-electron chi connectivity index (χ0n) is 18.1. The van der Waals surface area contributed by atoms with Crippen LogP contribution >= 0.6 is 0 Å². The molecule has 1 aliphatic heterocycles. The summed E-state index contributed by atoms with van der Waals surface area (Å²) >= 11 is 0. The summed E-state index contributed by atoms with van der Waals surface area (Å²) in [4.78, 5) is 27.6. The average Bonchev–Trinajstić information content (AvgIpc) is 3.48. The van der Waals surface area contributed by atoms with Crippen LogP contribution in [-0.4, -0.2) is 23.1 Å². The zero-order chi connectivity index (χ0) is 23.3. The number of ketones is 1. The molecule has 0 bridgehead atoms. The average molecular weight is 447 g/mol. The Balaban J connectivity index is 1.49. The van der Waals surface area contributed by atoms with Gasteiger partial charge in [-0.15, -0.1) is 0 Å². The molecule has 0 spiro atoms. The predicted octanol–water partition coefficient (Wildman–Crippen LogP) is 5.65. The molecular formula is C25H25F4NO2. The van der Waals surface area contributed by atoms with Gasteiger partial charge < -0.3 is 4.90 Å². The normalized spacial score (nSPS) is 17.1. The highest BCUT2D eigenvalue weighted by Gasteiger charge is 2.47. The molecule has 0 radical (unpaired) electrons. The number of hydrogen-bond donors (Lipinski definition) is 0. The molecule has 0 N–H and O–H groups in total. The Morgan fingerprint density at radius 3 is 2.47 bits per heavy atom. The fraction of sp³-hybridized carbons (Fsp3) is 0.440. The molecule has 0 unspecified atom stereocenters. The van der Waals surface area contributed by atoms with E-state index >= 15 is 0 Å². The summed E-state index contributed by atoms with van der Waals surface area (Å²) in [6.07, 6.45) is -2.10. The number of Topliss-reactive ketones (excluding diaryl/α,β-unsaturated/α-hetero) is 1. The van der Waals surface area contributed by atoms with Crippen LogP contribution < -0.4 is 0 Å². The highest BCUT2D eigenvalue weighted by atomic mass is 19.4. The van der Waals surface area contributed by atoms with Gasteiger partial charge >= 0.3 is 6.18 Å². The molecule has 2 aliphatic rings. The van der Waals surface area contributed by atoms with Crippen molar-refractivity contribution in [2.24, 2.45) is 5.41 Å². The van der Waals surface area contributed by atoms with Crippen LogP contribution in [0.4, 0.5) is 17.6 Å². The molecule has 1 aliphatic carbocycles. The summed E-state index contributed by atoms with van der Waals surface area (Å²) in [5.74, 6) is -1.28. The van der Waals surface area contributed by atoms with Crippen LogP contribution in [0, 0.1) is 18.2 Å². The largest absolute Gasteiger partial charge is 0.419 e. The first-order chi connectivity index (χ1) is 15.0. The Morgan fingerprint density at radius 1 is 1.12 bits per heavy atom. The summed E-state index contributed by atoms with van der Waals surface area (Å²) in [6.45, 7) is 4.89. The molecule has 1 amide bonds. The van der Waals surface area contributed by atoms with Crippen molar-refractivity contribution in [2.75, 3.05) is 6.54 Å². The first-order valence-electron chi connectivity index (χ1n) is 10.8. The molecule has 170 valence electrons. The minimum atomic E-state index is -4.75. The Kier molecular flexibility index (Phi) is 5.63. The van der Waals surface area contributed by atoms with E-state index in [1.165, 1.54) is 6.07 Å². The second-order valence-electron chi connectivity index (χ2n) is 9.17. The predicted molar refractivity (Wildman–Crippen MR) is 112 cm³/mol. The highest BCUT2D eigenvalue weighted by Crippen LogP contribution is 2.47. The van der Waals surface area contributed by atoms with Gasteiger partial charge in [-0.05, 0) is 67.0 Å². The Bertz CT molecular complexity index is 1090. The quantitative estimate of drug-likeness (QED) is 0.439. The van der Waals surface area contributed by atoms with Crippen molar-refractivity contribution in [1.29, 1.82) is 0 Å². The van der Waals surface area contributed by atoms with Gasteiger partial charge in [0.05, 0.1) is 5.56 Å². The molecular weight excluding hydrogens is 422 g/mol. The van der Waals surface area contributed by atoms with Crippen molar-refractivity contribution in [1.82, 2.24) is 4.90 Å². The number of amides is 1. The van der Waals surface area contributed by atoms with Crippen molar-refractivity contribution in [3.63, 3.8) is 0 Å². The topological polar surface area (TPSA) is 37.4 Å². The van der Waals surface area contributed by atoms with Crippen LogP contribution in [-0.2, 0) is 30.4 Å². The van der Waals surface area contributed by atoms with E-state index in [1.807, 2.05) is 30.9 Å². The molecule has 1 saturated carbocycles. The molecule has 0 atom stereocenters. The number of benzene rings is 2. The van der Waals surface area contributed by atoms with Crippen LogP contribution in [0.1, 0.15) is 64.4 Å². The molecule has 1 heterocycles. The second-order valence-corrected chi connectivity index (χ2v) is 9.17. The van der Waals surface area contributed by atoms with E-state index in [9.17, 15) is 27.2 Å². The molecule has 2 aromatic rings. The number of halogens is 4. The van der Waals surface area contributed by atoms with Crippen LogP contribution in [0.5, 0.6) is 0 Å². The van der Waals surface area contributed by atoms with Gasteiger partial charge in [0.1, 0.15) is 5.82 Å². The monoisotopic (exact) mass is 447 g/mol. The third-order valence-electron chi connectivity index (χ3n) is 6.67. The number of fused-ring (bicyclic) bond motifs is 1. The fourth-order valence-corrected chi connectivity index (χ4v) is 4.44. The molecule has 32 heavy (non-hydrogen) atoms. The smallest absolute Gasteiger partial charge is 0.338 e. The number of alkyl halides is 3. The third kappa shape index (κ3) is 4.30. The number of rotatable bonds is 5.